The van der Waals surface area contributed by atoms with E-state index in [1.807, 2.05) is 58.9 Å². The summed E-state index contributed by atoms with van der Waals surface area (Å²) in [5.74, 6) is -0.129. The van der Waals surface area contributed by atoms with Crippen molar-refractivity contribution < 1.29 is 14.3 Å². The van der Waals surface area contributed by atoms with Crippen LogP contribution in [0.1, 0.15) is 71.7 Å². The zero-order chi connectivity index (χ0) is 23.9. The molecule has 1 aliphatic heterocycles. The minimum atomic E-state index is -0.558. The number of hydrogen-bond donors (Lipinski definition) is 2. The zero-order valence-electron chi connectivity index (χ0n) is 21.0. The SMILES string of the molecule is CCC(CC)(CNC(=O)OC(C)(C)C)NC(=O)c1ccc(N2CCN(C(C)C)CC2)cc1. The molecule has 1 heterocycles. The Bertz CT molecular complexity index is 743. The Hall–Kier alpha value is -2.28. The number of carbonyl (C=O) groups is 2. The first-order chi connectivity index (χ1) is 15.0. The van der Waals surface area contributed by atoms with E-state index in [4.69, 9.17) is 4.74 Å². The summed E-state index contributed by atoms with van der Waals surface area (Å²) < 4.78 is 5.33. The van der Waals surface area contributed by atoms with Crippen LogP contribution in [0.2, 0.25) is 0 Å². The summed E-state index contributed by atoms with van der Waals surface area (Å²) in [7, 11) is 0. The molecule has 0 atom stereocenters. The van der Waals surface area contributed by atoms with Crippen LogP contribution >= 0.6 is 0 Å². The van der Waals surface area contributed by atoms with E-state index in [1.54, 1.807) is 0 Å². The molecule has 1 fully saturated rings. The van der Waals surface area contributed by atoms with Crippen molar-refractivity contribution in [1.82, 2.24) is 15.5 Å². The van der Waals surface area contributed by atoms with E-state index in [-0.39, 0.29) is 5.91 Å². The Morgan fingerprint density at radius 2 is 1.56 bits per heavy atom. The van der Waals surface area contributed by atoms with Gasteiger partial charge < -0.3 is 20.3 Å². The lowest BCUT2D eigenvalue weighted by atomic mass is 9.92. The van der Waals surface area contributed by atoms with Crippen molar-refractivity contribution >= 4 is 17.7 Å². The predicted octanol–water partition coefficient (Wildman–Crippen LogP) is 4.03. The van der Waals surface area contributed by atoms with Crippen LogP contribution in [0.4, 0.5) is 10.5 Å². The summed E-state index contributed by atoms with van der Waals surface area (Å²) in [6.07, 6.45) is 0.923. The van der Waals surface area contributed by atoms with Gasteiger partial charge in [0, 0.05) is 50.0 Å². The normalized spacial score (nSPS) is 15.6. The maximum Gasteiger partial charge on any atom is 0.407 e. The molecule has 180 valence electrons. The number of piperazine rings is 1. The van der Waals surface area contributed by atoms with Gasteiger partial charge in [-0.15, -0.1) is 0 Å². The second kappa shape index (κ2) is 11.0. The average molecular weight is 447 g/mol. The van der Waals surface area contributed by atoms with Crippen molar-refractivity contribution in [2.75, 3.05) is 37.6 Å². The number of amides is 2. The van der Waals surface area contributed by atoms with Crippen LogP contribution in [0.15, 0.2) is 24.3 Å². The van der Waals surface area contributed by atoms with E-state index in [0.717, 1.165) is 31.9 Å². The molecule has 0 aromatic heterocycles. The summed E-state index contributed by atoms with van der Waals surface area (Å²) in [5.41, 5.74) is 0.684. The lowest BCUT2D eigenvalue weighted by molar-refractivity contribution is 0.0502. The highest BCUT2D eigenvalue weighted by molar-refractivity contribution is 5.95. The molecule has 2 rings (SSSR count). The Kier molecular flexibility index (Phi) is 8.96. The van der Waals surface area contributed by atoms with Gasteiger partial charge >= 0.3 is 6.09 Å². The van der Waals surface area contributed by atoms with Gasteiger partial charge in [0.25, 0.3) is 5.91 Å². The first-order valence-corrected chi connectivity index (χ1v) is 11.9. The van der Waals surface area contributed by atoms with Crippen molar-refractivity contribution in [2.45, 2.75) is 78.5 Å². The van der Waals surface area contributed by atoms with Crippen molar-refractivity contribution in [3.8, 4) is 0 Å². The fraction of sp³-hybridized carbons (Fsp3) is 0.680. The first kappa shape index (κ1) is 26.0. The highest BCUT2D eigenvalue weighted by atomic mass is 16.6. The summed E-state index contributed by atoms with van der Waals surface area (Å²) in [6.45, 7) is 18.4. The van der Waals surface area contributed by atoms with Crippen LogP contribution in [0.5, 0.6) is 0 Å². The molecule has 1 saturated heterocycles. The second-order valence-electron chi connectivity index (χ2n) is 9.96. The van der Waals surface area contributed by atoms with Crippen LogP contribution in [-0.2, 0) is 4.74 Å². The molecule has 7 nitrogen and oxygen atoms in total. The summed E-state index contributed by atoms with van der Waals surface area (Å²) in [5, 5.41) is 5.97. The number of rotatable bonds is 8. The van der Waals surface area contributed by atoms with Gasteiger partial charge in [0.05, 0.1) is 5.54 Å². The topological polar surface area (TPSA) is 73.9 Å². The number of alkyl carbamates (subject to hydrolysis) is 1. The number of ether oxygens (including phenoxy) is 1. The van der Waals surface area contributed by atoms with Crippen molar-refractivity contribution in [2.24, 2.45) is 0 Å². The van der Waals surface area contributed by atoms with Gasteiger partial charge in [-0.1, -0.05) is 13.8 Å². The van der Waals surface area contributed by atoms with E-state index in [2.05, 4.69) is 34.3 Å². The molecule has 2 N–H and O–H groups in total. The predicted molar refractivity (Wildman–Crippen MR) is 130 cm³/mol. The van der Waals surface area contributed by atoms with E-state index in [1.165, 1.54) is 0 Å². The lowest BCUT2D eigenvalue weighted by Crippen LogP contribution is -2.55. The average Bonchev–Trinajstić information content (AvgIpc) is 2.75. The zero-order valence-corrected chi connectivity index (χ0v) is 21.0. The maximum atomic E-state index is 13.0. The summed E-state index contributed by atoms with van der Waals surface area (Å²) in [4.78, 5) is 29.9. The number of carbonyl (C=O) groups excluding carboxylic acids is 2. The molecule has 0 bridgehead atoms. The van der Waals surface area contributed by atoms with Gasteiger partial charge in [-0.3, -0.25) is 9.69 Å². The molecule has 1 aromatic rings. The largest absolute Gasteiger partial charge is 0.444 e. The van der Waals surface area contributed by atoms with Crippen LogP contribution in [0, 0.1) is 0 Å². The molecule has 32 heavy (non-hydrogen) atoms. The van der Waals surface area contributed by atoms with Gasteiger partial charge in [-0.2, -0.15) is 0 Å². The molecule has 0 radical (unpaired) electrons. The summed E-state index contributed by atoms with van der Waals surface area (Å²) >= 11 is 0. The van der Waals surface area contributed by atoms with Crippen molar-refractivity contribution in [1.29, 1.82) is 0 Å². The Morgan fingerprint density at radius 1 is 1.00 bits per heavy atom. The monoisotopic (exact) mass is 446 g/mol. The molecule has 0 spiro atoms. The Labute approximate surface area is 193 Å². The first-order valence-electron chi connectivity index (χ1n) is 11.9. The fourth-order valence-corrected chi connectivity index (χ4v) is 3.91. The minimum Gasteiger partial charge on any atom is -0.444 e. The van der Waals surface area contributed by atoms with Crippen molar-refractivity contribution in [3.05, 3.63) is 29.8 Å². The molecule has 0 unspecified atom stereocenters. The second-order valence-corrected chi connectivity index (χ2v) is 9.96. The highest BCUT2D eigenvalue weighted by Gasteiger charge is 2.30. The highest BCUT2D eigenvalue weighted by Crippen LogP contribution is 2.20. The van der Waals surface area contributed by atoms with Gasteiger partial charge in [0.2, 0.25) is 0 Å². The number of benzene rings is 1. The Morgan fingerprint density at radius 3 is 2.03 bits per heavy atom. The van der Waals surface area contributed by atoms with E-state index >= 15 is 0 Å². The fourth-order valence-electron chi connectivity index (χ4n) is 3.91. The Balaban J connectivity index is 1.97. The summed E-state index contributed by atoms with van der Waals surface area (Å²) in [6, 6.07) is 8.40. The molecule has 0 aliphatic carbocycles. The third-order valence-electron chi connectivity index (χ3n) is 6.24. The standard InChI is InChI=1S/C25H42N4O3/c1-8-25(9-2,18-26-23(31)32-24(5,6)7)27-22(30)20-10-12-21(13-11-20)29-16-14-28(15-17-29)19(3)4/h10-13,19H,8-9,14-18H2,1-7H3,(H,26,31)(H,27,30). The number of anilines is 1. The third kappa shape index (κ3) is 7.40. The van der Waals surface area contributed by atoms with Crippen molar-refractivity contribution in [3.63, 3.8) is 0 Å². The third-order valence-corrected chi connectivity index (χ3v) is 6.24. The van der Waals surface area contributed by atoms with Crippen LogP contribution in [0.3, 0.4) is 0 Å². The molecule has 7 heteroatoms. The van der Waals surface area contributed by atoms with Gasteiger partial charge in [0.1, 0.15) is 5.60 Å². The van der Waals surface area contributed by atoms with Crippen LogP contribution in [0.25, 0.3) is 0 Å². The number of nitrogens with zero attached hydrogens (tertiary/aromatic N) is 2. The molecule has 2 amide bonds. The number of nitrogens with one attached hydrogen (secondary N) is 2. The number of hydrogen-bond acceptors (Lipinski definition) is 5. The molecule has 1 aliphatic rings. The molecular formula is C25H42N4O3. The van der Waals surface area contributed by atoms with Crippen LogP contribution < -0.4 is 15.5 Å². The minimum absolute atomic E-state index is 0.129. The lowest BCUT2D eigenvalue weighted by Gasteiger charge is -2.38. The van der Waals surface area contributed by atoms with E-state index in [0.29, 0.717) is 31.0 Å². The van der Waals surface area contributed by atoms with Gasteiger partial charge in [-0.25, -0.2) is 4.79 Å². The smallest absolute Gasteiger partial charge is 0.407 e. The van der Waals surface area contributed by atoms with Gasteiger partial charge in [0.15, 0.2) is 0 Å². The van der Waals surface area contributed by atoms with E-state index < -0.39 is 17.2 Å². The quantitative estimate of drug-likeness (QED) is 0.631. The maximum absolute atomic E-state index is 13.0. The van der Waals surface area contributed by atoms with Crippen LogP contribution in [-0.4, -0.2) is 66.8 Å². The molecule has 0 saturated carbocycles. The van der Waals surface area contributed by atoms with E-state index in [9.17, 15) is 9.59 Å². The molecule has 1 aromatic carbocycles. The molecular weight excluding hydrogens is 404 g/mol. The van der Waals surface area contributed by atoms with Gasteiger partial charge in [-0.05, 0) is 71.7 Å².